The maximum Gasteiger partial charge on any atom is 0.170 e. The molecule has 0 radical (unpaired) electrons. The van der Waals surface area contributed by atoms with Gasteiger partial charge in [0, 0.05) is 5.69 Å². The van der Waals surface area contributed by atoms with Crippen LogP contribution in [0, 0.1) is 18.3 Å². The largest absolute Gasteiger partial charge is 0.497 e. The molecule has 0 saturated carbocycles. The monoisotopic (exact) mass is 228 g/mol. The van der Waals surface area contributed by atoms with E-state index >= 15 is 0 Å². The van der Waals surface area contributed by atoms with Crippen molar-refractivity contribution in [3.63, 3.8) is 0 Å². The Labute approximate surface area is 99.0 Å². The fourth-order valence-electron chi connectivity index (χ4n) is 1.47. The molecule has 86 valence electrons. The van der Waals surface area contributed by atoms with E-state index in [1.807, 2.05) is 31.2 Å². The summed E-state index contributed by atoms with van der Waals surface area (Å²) in [5.74, 6) is 1.32. The number of aromatic nitrogens is 2. The number of nitrogens with zero attached hydrogens (tertiary/aromatic N) is 2. The topological polar surface area (TPSA) is 73.7 Å². The van der Waals surface area contributed by atoms with Crippen molar-refractivity contribution in [2.75, 3.05) is 12.4 Å². The first-order valence-corrected chi connectivity index (χ1v) is 5.10. The number of nitrogens with one attached hydrogen (secondary N) is 2. The van der Waals surface area contributed by atoms with Crippen molar-refractivity contribution < 1.29 is 4.74 Å². The first kappa shape index (κ1) is 11.0. The molecule has 1 aromatic heterocycles. The molecule has 1 aromatic carbocycles. The Morgan fingerprint density at radius 3 is 2.65 bits per heavy atom. The van der Waals surface area contributed by atoms with Crippen LogP contribution in [0.2, 0.25) is 0 Å². The molecule has 5 heteroatoms. The normalized spacial score (nSPS) is 9.71. The number of nitriles is 1. The summed E-state index contributed by atoms with van der Waals surface area (Å²) >= 11 is 0. The predicted octanol–water partition coefficient (Wildman–Crippen LogP) is 2.34. The second-order valence-corrected chi connectivity index (χ2v) is 3.54. The molecule has 2 rings (SSSR count). The van der Waals surface area contributed by atoms with E-state index < -0.39 is 0 Å². The zero-order valence-electron chi connectivity index (χ0n) is 9.61. The summed E-state index contributed by atoms with van der Waals surface area (Å²) in [7, 11) is 1.62. The van der Waals surface area contributed by atoms with Gasteiger partial charge in [0.05, 0.1) is 12.8 Å². The molecule has 0 aliphatic carbocycles. The highest BCUT2D eigenvalue weighted by Gasteiger charge is 2.09. The van der Waals surface area contributed by atoms with Gasteiger partial charge in [0.2, 0.25) is 0 Å². The Bertz CT molecular complexity index is 551. The maximum atomic E-state index is 8.98. The summed E-state index contributed by atoms with van der Waals surface area (Å²) in [5.41, 5.74) is 2.14. The highest BCUT2D eigenvalue weighted by Crippen LogP contribution is 2.21. The van der Waals surface area contributed by atoms with E-state index in [1.54, 1.807) is 7.11 Å². The number of rotatable bonds is 3. The molecule has 17 heavy (non-hydrogen) atoms. The summed E-state index contributed by atoms with van der Waals surface area (Å²) in [6, 6.07) is 9.52. The Hall–Kier alpha value is -2.48. The van der Waals surface area contributed by atoms with Crippen molar-refractivity contribution in [2.24, 2.45) is 0 Å². The Kier molecular flexibility index (Phi) is 2.97. The van der Waals surface area contributed by atoms with Gasteiger partial charge in [0.15, 0.2) is 5.82 Å². The van der Waals surface area contributed by atoms with E-state index in [-0.39, 0.29) is 0 Å². The molecule has 0 fully saturated rings. The summed E-state index contributed by atoms with van der Waals surface area (Å²) in [6.07, 6.45) is 0. The Balaban J connectivity index is 2.23. The minimum absolute atomic E-state index is 0.529. The van der Waals surface area contributed by atoms with Gasteiger partial charge in [0.25, 0.3) is 0 Å². The molecule has 2 N–H and O–H groups in total. The zero-order chi connectivity index (χ0) is 12.3. The standard InChI is InChI=1S/C12H12N4O/c1-8-11(7-13)12(16-15-8)14-9-3-5-10(17-2)6-4-9/h3-6H,1-2H3,(H2,14,15,16). The van der Waals surface area contributed by atoms with Crippen LogP contribution >= 0.6 is 0 Å². The number of benzene rings is 1. The second-order valence-electron chi connectivity index (χ2n) is 3.54. The first-order chi connectivity index (χ1) is 8.24. The average Bonchev–Trinajstić information content (AvgIpc) is 2.71. The molecular formula is C12H12N4O. The van der Waals surface area contributed by atoms with Crippen LogP contribution in [0.25, 0.3) is 0 Å². The number of aromatic amines is 1. The van der Waals surface area contributed by atoms with Crippen LogP contribution in [0.15, 0.2) is 24.3 Å². The lowest BCUT2D eigenvalue weighted by Gasteiger charge is -2.04. The molecule has 1 heterocycles. The van der Waals surface area contributed by atoms with Crippen LogP contribution in [0.1, 0.15) is 11.3 Å². The van der Waals surface area contributed by atoms with Crippen LogP contribution in [-0.2, 0) is 0 Å². The fraction of sp³-hybridized carbons (Fsp3) is 0.167. The second kappa shape index (κ2) is 4.58. The van der Waals surface area contributed by atoms with E-state index in [0.717, 1.165) is 17.1 Å². The van der Waals surface area contributed by atoms with Crippen molar-refractivity contribution in [2.45, 2.75) is 6.92 Å². The predicted molar refractivity (Wildman–Crippen MR) is 64.3 cm³/mol. The minimum Gasteiger partial charge on any atom is -0.497 e. The lowest BCUT2D eigenvalue weighted by molar-refractivity contribution is 0.415. The van der Waals surface area contributed by atoms with Gasteiger partial charge in [-0.1, -0.05) is 0 Å². The summed E-state index contributed by atoms with van der Waals surface area (Å²) in [5, 5.41) is 18.9. The van der Waals surface area contributed by atoms with Crippen molar-refractivity contribution in [3.8, 4) is 11.8 Å². The third kappa shape index (κ3) is 2.21. The van der Waals surface area contributed by atoms with Gasteiger partial charge in [-0.15, -0.1) is 0 Å². The molecule has 0 atom stereocenters. The molecule has 0 bridgehead atoms. The van der Waals surface area contributed by atoms with Crippen LogP contribution in [0.5, 0.6) is 5.75 Å². The zero-order valence-corrected chi connectivity index (χ0v) is 9.61. The third-order valence-electron chi connectivity index (χ3n) is 2.41. The minimum atomic E-state index is 0.529. The number of hydrogen-bond acceptors (Lipinski definition) is 4. The maximum absolute atomic E-state index is 8.98. The van der Waals surface area contributed by atoms with Gasteiger partial charge in [-0.25, -0.2) is 0 Å². The van der Waals surface area contributed by atoms with Crippen LogP contribution in [-0.4, -0.2) is 17.3 Å². The van der Waals surface area contributed by atoms with Gasteiger partial charge in [0.1, 0.15) is 17.4 Å². The highest BCUT2D eigenvalue weighted by molar-refractivity contribution is 5.64. The van der Waals surface area contributed by atoms with Crippen LogP contribution < -0.4 is 10.1 Å². The van der Waals surface area contributed by atoms with Gasteiger partial charge < -0.3 is 10.1 Å². The number of methoxy groups -OCH3 is 1. The van der Waals surface area contributed by atoms with Gasteiger partial charge in [-0.05, 0) is 31.2 Å². The fourth-order valence-corrected chi connectivity index (χ4v) is 1.47. The quantitative estimate of drug-likeness (QED) is 0.845. The smallest absolute Gasteiger partial charge is 0.170 e. The lowest BCUT2D eigenvalue weighted by Crippen LogP contribution is -1.93. The number of ether oxygens (including phenoxy) is 1. The molecule has 0 spiro atoms. The summed E-state index contributed by atoms with van der Waals surface area (Å²) < 4.78 is 5.07. The SMILES string of the molecule is COc1ccc(Nc2n[nH]c(C)c2C#N)cc1. The molecule has 0 saturated heterocycles. The first-order valence-electron chi connectivity index (χ1n) is 5.10. The summed E-state index contributed by atoms with van der Waals surface area (Å²) in [6.45, 7) is 1.81. The van der Waals surface area contributed by atoms with Crippen molar-refractivity contribution >= 4 is 11.5 Å². The van der Waals surface area contributed by atoms with Crippen LogP contribution in [0.4, 0.5) is 11.5 Å². The summed E-state index contributed by atoms with van der Waals surface area (Å²) in [4.78, 5) is 0. The van der Waals surface area contributed by atoms with Crippen molar-refractivity contribution in [1.29, 1.82) is 5.26 Å². The number of hydrogen-bond donors (Lipinski definition) is 2. The number of anilines is 2. The van der Waals surface area contributed by atoms with E-state index in [4.69, 9.17) is 10.00 Å². The molecule has 2 aromatic rings. The van der Waals surface area contributed by atoms with E-state index in [9.17, 15) is 0 Å². The van der Waals surface area contributed by atoms with Crippen molar-refractivity contribution in [3.05, 3.63) is 35.5 Å². The molecular weight excluding hydrogens is 216 g/mol. The Morgan fingerprint density at radius 2 is 2.06 bits per heavy atom. The van der Waals surface area contributed by atoms with Gasteiger partial charge in [-0.3, -0.25) is 5.10 Å². The van der Waals surface area contributed by atoms with Crippen LogP contribution in [0.3, 0.4) is 0 Å². The van der Waals surface area contributed by atoms with E-state index in [1.165, 1.54) is 0 Å². The average molecular weight is 228 g/mol. The Morgan fingerprint density at radius 1 is 1.35 bits per heavy atom. The highest BCUT2D eigenvalue weighted by atomic mass is 16.5. The molecule has 0 aliphatic rings. The molecule has 0 unspecified atom stereocenters. The van der Waals surface area contributed by atoms with Gasteiger partial charge >= 0.3 is 0 Å². The van der Waals surface area contributed by atoms with E-state index in [0.29, 0.717) is 11.4 Å². The number of H-pyrrole nitrogens is 1. The lowest BCUT2D eigenvalue weighted by atomic mass is 10.2. The number of aryl methyl sites for hydroxylation is 1. The third-order valence-corrected chi connectivity index (χ3v) is 2.41. The van der Waals surface area contributed by atoms with Crippen molar-refractivity contribution in [1.82, 2.24) is 10.2 Å². The van der Waals surface area contributed by atoms with E-state index in [2.05, 4.69) is 21.6 Å². The molecule has 0 amide bonds. The van der Waals surface area contributed by atoms with Gasteiger partial charge in [-0.2, -0.15) is 10.4 Å². The molecule has 5 nitrogen and oxygen atoms in total. The molecule has 0 aliphatic heterocycles.